The zero-order chi connectivity index (χ0) is 38.6. The van der Waals surface area contributed by atoms with Crippen molar-refractivity contribution >= 4 is 64.7 Å². The van der Waals surface area contributed by atoms with Crippen molar-refractivity contribution in [3.8, 4) is 28.1 Å². The summed E-state index contributed by atoms with van der Waals surface area (Å²) in [5.41, 5.74) is 13.9. The van der Waals surface area contributed by atoms with E-state index in [1.807, 2.05) is 11.3 Å². The molecule has 276 valence electrons. The lowest BCUT2D eigenvalue weighted by molar-refractivity contribution is 0.519. The van der Waals surface area contributed by atoms with E-state index < -0.39 is 0 Å². The standard InChI is InChI=1S/C54H39N3S/c1-2-42-45(34-47(35-18-6-3-7-19-35)56-51(42)36-20-8-4-9-21-36)40-26-16-24-38(32-40)39-25-17-27-41(33-39)57-48-31-15-13-29-44(48)50-49-43-28-12-14-30-46(43)55-52(53(49)58-54(50)57)37-22-10-5-11-23-37/h3-34,42,51H,2H2,1H3/t42-,51?/m1/s1. The van der Waals surface area contributed by atoms with Crippen molar-refractivity contribution in [3.63, 3.8) is 0 Å². The molecule has 0 saturated heterocycles. The Hall–Kier alpha value is -6.88. The summed E-state index contributed by atoms with van der Waals surface area (Å²) >= 11 is 1.85. The van der Waals surface area contributed by atoms with Crippen LogP contribution in [-0.2, 0) is 0 Å². The number of para-hydroxylation sites is 2. The Morgan fingerprint density at radius 2 is 1.17 bits per heavy atom. The van der Waals surface area contributed by atoms with Gasteiger partial charge in [0, 0.05) is 38.7 Å². The molecule has 1 unspecified atom stereocenters. The maximum Gasteiger partial charge on any atom is 0.109 e. The molecule has 0 amide bonds. The molecule has 0 bridgehead atoms. The zero-order valence-electron chi connectivity index (χ0n) is 32.1. The number of pyridine rings is 1. The quantitative estimate of drug-likeness (QED) is 0.159. The van der Waals surface area contributed by atoms with Gasteiger partial charge in [0.05, 0.1) is 33.2 Å². The molecule has 0 aliphatic carbocycles. The second-order valence-corrected chi connectivity index (χ2v) is 16.2. The molecule has 0 radical (unpaired) electrons. The van der Waals surface area contributed by atoms with Crippen molar-refractivity contribution < 1.29 is 0 Å². The van der Waals surface area contributed by atoms with E-state index in [2.05, 4.69) is 206 Å². The van der Waals surface area contributed by atoms with Crippen LogP contribution in [-0.4, -0.2) is 15.3 Å². The number of thiophene rings is 1. The smallest absolute Gasteiger partial charge is 0.109 e. The minimum Gasteiger partial charge on any atom is -0.301 e. The van der Waals surface area contributed by atoms with Crippen molar-refractivity contribution in [2.75, 3.05) is 0 Å². The monoisotopic (exact) mass is 761 g/mol. The van der Waals surface area contributed by atoms with Crippen LogP contribution in [0.1, 0.15) is 36.1 Å². The maximum atomic E-state index is 5.41. The summed E-state index contributed by atoms with van der Waals surface area (Å²) in [5, 5.41) is 5.01. The number of fused-ring (bicyclic) bond motifs is 7. The molecule has 7 aromatic carbocycles. The number of nitrogens with zero attached hydrogens (tertiary/aromatic N) is 3. The predicted molar refractivity (Wildman–Crippen MR) is 246 cm³/mol. The topological polar surface area (TPSA) is 30.2 Å². The summed E-state index contributed by atoms with van der Waals surface area (Å²) in [7, 11) is 0. The van der Waals surface area contributed by atoms with Crippen LogP contribution in [0.3, 0.4) is 0 Å². The van der Waals surface area contributed by atoms with Gasteiger partial charge in [-0.2, -0.15) is 0 Å². The molecule has 4 heteroatoms. The Morgan fingerprint density at radius 1 is 0.552 bits per heavy atom. The van der Waals surface area contributed by atoms with Crippen LogP contribution in [0.15, 0.2) is 199 Å². The van der Waals surface area contributed by atoms with Crippen LogP contribution in [0.4, 0.5) is 0 Å². The van der Waals surface area contributed by atoms with E-state index in [-0.39, 0.29) is 12.0 Å². The third-order valence-corrected chi connectivity index (χ3v) is 13.0. The number of benzene rings is 7. The summed E-state index contributed by atoms with van der Waals surface area (Å²) in [6.45, 7) is 2.29. The first-order chi connectivity index (χ1) is 28.7. The van der Waals surface area contributed by atoms with Crippen LogP contribution >= 0.6 is 11.3 Å². The van der Waals surface area contributed by atoms with E-state index in [1.54, 1.807) is 0 Å². The van der Waals surface area contributed by atoms with Crippen molar-refractivity contribution in [2.24, 2.45) is 10.9 Å². The highest BCUT2D eigenvalue weighted by atomic mass is 32.1. The number of rotatable bonds is 7. The van der Waals surface area contributed by atoms with Gasteiger partial charge in [-0.1, -0.05) is 165 Å². The average molecular weight is 762 g/mol. The molecule has 0 spiro atoms. The molecule has 3 nitrogen and oxygen atoms in total. The molecule has 58 heavy (non-hydrogen) atoms. The number of aliphatic imine (C=N–C) groups is 1. The van der Waals surface area contributed by atoms with E-state index >= 15 is 0 Å². The van der Waals surface area contributed by atoms with Crippen LogP contribution in [0.2, 0.25) is 0 Å². The molecule has 0 fully saturated rings. The van der Waals surface area contributed by atoms with Gasteiger partial charge in [-0.05, 0) is 76.2 Å². The van der Waals surface area contributed by atoms with Gasteiger partial charge in [-0.3, -0.25) is 4.99 Å². The molecule has 0 saturated carbocycles. The third kappa shape index (κ3) is 5.71. The van der Waals surface area contributed by atoms with E-state index in [0.717, 1.165) is 40.2 Å². The van der Waals surface area contributed by atoms with Crippen LogP contribution in [0, 0.1) is 5.92 Å². The van der Waals surface area contributed by atoms with Crippen LogP contribution in [0.5, 0.6) is 0 Å². The van der Waals surface area contributed by atoms with Crippen LogP contribution in [0.25, 0.3) is 75.8 Å². The second-order valence-electron chi connectivity index (χ2n) is 15.2. The highest BCUT2D eigenvalue weighted by Gasteiger charge is 2.30. The zero-order valence-corrected chi connectivity index (χ0v) is 32.9. The summed E-state index contributed by atoms with van der Waals surface area (Å²) in [4.78, 5) is 11.9. The number of dihydropyridines is 1. The van der Waals surface area contributed by atoms with Gasteiger partial charge < -0.3 is 4.57 Å². The Bertz CT molecular complexity index is 3210. The van der Waals surface area contributed by atoms with Crippen molar-refractivity contribution in [1.29, 1.82) is 0 Å². The van der Waals surface area contributed by atoms with Crippen molar-refractivity contribution in [1.82, 2.24) is 9.55 Å². The Labute approximate surface area is 341 Å². The molecule has 1 aliphatic rings. The van der Waals surface area contributed by atoms with Crippen molar-refractivity contribution in [3.05, 3.63) is 211 Å². The lowest BCUT2D eigenvalue weighted by Gasteiger charge is -2.31. The first-order valence-corrected chi connectivity index (χ1v) is 21.0. The molecule has 10 aromatic rings. The van der Waals surface area contributed by atoms with Gasteiger partial charge in [0.15, 0.2) is 0 Å². The second kappa shape index (κ2) is 14.3. The normalized spacial score (nSPS) is 15.6. The van der Waals surface area contributed by atoms with E-state index in [9.17, 15) is 0 Å². The van der Waals surface area contributed by atoms with Gasteiger partial charge in [-0.25, -0.2) is 4.98 Å². The summed E-state index contributed by atoms with van der Waals surface area (Å²) < 4.78 is 3.69. The molecule has 2 atom stereocenters. The predicted octanol–water partition coefficient (Wildman–Crippen LogP) is 14.5. The number of aromatic nitrogens is 2. The van der Waals surface area contributed by atoms with Gasteiger partial charge in [-0.15, -0.1) is 11.3 Å². The minimum atomic E-state index is 0.0360. The highest BCUT2D eigenvalue weighted by molar-refractivity contribution is 7.26. The third-order valence-electron chi connectivity index (χ3n) is 11.8. The maximum absolute atomic E-state index is 5.41. The molecule has 11 rings (SSSR count). The fraction of sp³-hybridized carbons (Fsp3) is 0.0741. The summed E-state index contributed by atoms with van der Waals surface area (Å²) in [5.74, 6) is 0.246. The van der Waals surface area contributed by atoms with E-state index in [1.165, 1.54) is 64.4 Å². The molecule has 0 N–H and O–H groups in total. The molecular weight excluding hydrogens is 723 g/mol. The Morgan fingerprint density at radius 3 is 1.95 bits per heavy atom. The van der Waals surface area contributed by atoms with Gasteiger partial charge >= 0.3 is 0 Å². The fourth-order valence-electron chi connectivity index (χ4n) is 9.11. The highest BCUT2D eigenvalue weighted by Crippen LogP contribution is 2.48. The molecular formula is C54H39N3S. The van der Waals surface area contributed by atoms with Gasteiger partial charge in [0.1, 0.15) is 4.83 Å². The lowest BCUT2D eigenvalue weighted by atomic mass is 9.78. The number of hydrogen-bond acceptors (Lipinski definition) is 3. The minimum absolute atomic E-state index is 0.0360. The fourth-order valence-corrected chi connectivity index (χ4v) is 10.5. The van der Waals surface area contributed by atoms with Crippen molar-refractivity contribution in [2.45, 2.75) is 19.4 Å². The van der Waals surface area contributed by atoms with E-state index in [0.29, 0.717) is 0 Å². The number of allylic oxidation sites excluding steroid dienone is 1. The molecule has 3 aromatic heterocycles. The average Bonchev–Trinajstić information content (AvgIpc) is 3.85. The SMILES string of the molecule is CC[C@@H]1C(c2cccc(-c3cccc(-n4c5ccccc5c5c6c(sc54)c(-c4ccccc4)nc4ccccc46)c3)c2)=CC(c2ccccc2)=NC1c1ccccc1. The summed E-state index contributed by atoms with van der Waals surface area (Å²) in [6, 6.07) is 67.7. The van der Waals surface area contributed by atoms with E-state index in [4.69, 9.17) is 9.98 Å². The summed E-state index contributed by atoms with van der Waals surface area (Å²) in [6.07, 6.45) is 3.32. The lowest BCUT2D eigenvalue weighted by Crippen LogP contribution is -2.20. The molecule has 4 heterocycles. The first kappa shape index (κ1) is 34.4. The first-order valence-electron chi connectivity index (χ1n) is 20.1. The Kier molecular flexibility index (Phi) is 8.45. The van der Waals surface area contributed by atoms with Gasteiger partial charge in [0.2, 0.25) is 0 Å². The van der Waals surface area contributed by atoms with Gasteiger partial charge in [0.25, 0.3) is 0 Å². The van der Waals surface area contributed by atoms with Crippen LogP contribution < -0.4 is 0 Å². The molecule has 1 aliphatic heterocycles. The Balaban J connectivity index is 1.07. The number of hydrogen-bond donors (Lipinski definition) is 0. The largest absolute Gasteiger partial charge is 0.301 e.